The predicted molar refractivity (Wildman–Crippen MR) is 94.2 cm³/mol. The number of nitrogens with one attached hydrogen (secondary N) is 1. The van der Waals surface area contributed by atoms with Crippen LogP contribution in [0.25, 0.3) is 10.4 Å². The number of hydrogen-bond acceptors (Lipinski definition) is 6. The first-order valence-corrected chi connectivity index (χ1v) is 8.52. The van der Waals surface area contributed by atoms with Crippen molar-refractivity contribution in [2.45, 2.75) is 13.0 Å². The number of carbonyl (C=O) groups is 1. The van der Waals surface area contributed by atoms with E-state index in [0.717, 1.165) is 36.6 Å². The van der Waals surface area contributed by atoms with E-state index in [1.165, 1.54) is 15.3 Å². The molecule has 0 saturated heterocycles. The summed E-state index contributed by atoms with van der Waals surface area (Å²) in [7, 11) is 3.31. The van der Waals surface area contributed by atoms with Gasteiger partial charge in [0, 0.05) is 34.5 Å². The molecule has 1 aromatic heterocycles. The van der Waals surface area contributed by atoms with Crippen LogP contribution in [0.3, 0.4) is 0 Å². The van der Waals surface area contributed by atoms with Gasteiger partial charge in [0.2, 0.25) is 5.91 Å². The summed E-state index contributed by atoms with van der Waals surface area (Å²) in [6, 6.07) is 8.05. The maximum atomic E-state index is 11.5. The largest absolute Gasteiger partial charge is 0.497 e. The second-order valence-electron chi connectivity index (χ2n) is 5.65. The molecule has 3 N–H and O–H groups in total. The second kappa shape index (κ2) is 7.21. The highest BCUT2D eigenvalue weighted by atomic mass is 32.1. The fourth-order valence-electron chi connectivity index (χ4n) is 2.91. The third-order valence-electron chi connectivity index (χ3n) is 4.15. The molecule has 0 spiro atoms. The molecule has 1 aliphatic heterocycles. The van der Waals surface area contributed by atoms with Crippen molar-refractivity contribution in [2.24, 2.45) is 5.84 Å². The Kier molecular flexibility index (Phi) is 5.03. The average molecular weight is 347 g/mol. The van der Waals surface area contributed by atoms with Gasteiger partial charge in [-0.2, -0.15) is 0 Å². The average Bonchev–Trinajstić information content (AvgIpc) is 3.03. The highest BCUT2D eigenvalue weighted by molar-refractivity contribution is 7.15. The Hall–Kier alpha value is -2.09. The Morgan fingerprint density at radius 1 is 1.33 bits per heavy atom. The van der Waals surface area contributed by atoms with Crippen molar-refractivity contribution < 1.29 is 14.3 Å². The monoisotopic (exact) mass is 347 g/mol. The number of nitrogens with zero attached hydrogens (tertiary/aromatic N) is 1. The lowest BCUT2D eigenvalue weighted by Gasteiger charge is -2.25. The molecule has 3 rings (SSSR count). The Morgan fingerprint density at radius 3 is 2.88 bits per heavy atom. The first kappa shape index (κ1) is 16.8. The minimum absolute atomic E-state index is 0.161. The van der Waals surface area contributed by atoms with E-state index in [1.807, 2.05) is 18.2 Å². The summed E-state index contributed by atoms with van der Waals surface area (Å²) in [6.45, 7) is 1.95. The molecule has 1 aromatic carbocycles. The van der Waals surface area contributed by atoms with Gasteiger partial charge in [0.1, 0.15) is 11.5 Å². The molecule has 7 heteroatoms. The van der Waals surface area contributed by atoms with Crippen LogP contribution in [0.15, 0.2) is 24.3 Å². The van der Waals surface area contributed by atoms with E-state index < -0.39 is 0 Å². The molecule has 0 aliphatic carbocycles. The molecular formula is C17H21N3O3S. The third-order valence-corrected chi connectivity index (χ3v) is 5.42. The summed E-state index contributed by atoms with van der Waals surface area (Å²) in [6.07, 6.45) is 0.941. The fraction of sp³-hybridized carbons (Fsp3) is 0.353. The SMILES string of the molecule is COc1ccc(-c2cc3c(s2)CCN(CC(=O)NN)C3)c(OC)c1. The summed E-state index contributed by atoms with van der Waals surface area (Å²) in [4.78, 5) is 16.1. The van der Waals surface area contributed by atoms with Crippen LogP contribution in [0, 0.1) is 0 Å². The van der Waals surface area contributed by atoms with Crippen molar-refractivity contribution in [3.63, 3.8) is 0 Å². The number of thiophene rings is 1. The van der Waals surface area contributed by atoms with E-state index >= 15 is 0 Å². The Balaban J connectivity index is 1.85. The smallest absolute Gasteiger partial charge is 0.248 e. The van der Waals surface area contributed by atoms with Gasteiger partial charge in [-0.15, -0.1) is 11.3 Å². The number of ether oxygens (including phenoxy) is 2. The Bertz CT molecular complexity index is 745. The van der Waals surface area contributed by atoms with E-state index in [4.69, 9.17) is 15.3 Å². The number of hydrogen-bond donors (Lipinski definition) is 2. The number of rotatable bonds is 5. The molecule has 0 unspecified atom stereocenters. The number of amides is 1. The number of fused-ring (bicyclic) bond motifs is 1. The topological polar surface area (TPSA) is 76.8 Å². The lowest BCUT2D eigenvalue weighted by molar-refractivity contribution is -0.122. The molecule has 0 bridgehead atoms. The molecule has 0 radical (unpaired) electrons. The van der Waals surface area contributed by atoms with Gasteiger partial charge in [0.25, 0.3) is 0 Å². The lowest BCUT2D eigenvalue weighted by Crippen LogP contribution is -2.42. The maximum absolute atomic E-state index is 11.5. The normalized spacial score (nSPS) is 14.1. The Morgan fingerprint density at radius 2 is 2.17 bits per heavy atom. The first-order chi connectivity index (χ1) is 11.6. The second-order valence-corrected chi connectivity index (χ2v) is 6.79. The van der Waals surface area contributed by atoms with E-state index in [1.54, 1.807) is 25.6 Å². The van der Waals surface area contributed by atoms with Gasteiger partial charge < -0.3 is 9.47 Å². The van der Waals surface area contributed by atoms with Crippen molar-refractivity contribution in [2.75, 3.05) is 27.3 Å². The van der Waals surface area contributed by atoms with Crippen molar-refractivity contribution in [3.05, 3.63) is 34.7 Å². The van der Waals surface area contributed by atoms with Crippen molar-refractivity contribution in [1.29, 1.82) is 0 Å². The van der Waals surface area contributed by atoms with Crippen LogP contribution in [0.1, 0.15) is 10.4 Å². The molecule has 128 valence electrons. The van der Waals surface area contributed by atoms with E-state index in [2.05, 4.69) is 16.4 Å². The van der Waals surface area contributed by atoms with Gasteiger partial charge in [-0.3, -0.25) is 15.1 Å². The van der Waals surface area contributed by atoms with Gasteiger partial charge in [-0.1, -0.05) is 0 Å². The molecule has 2 aromatic rings. The van der Waals surface area contributed by atoms with Gasteiger partial charge in [0.15, 0.2) is 0 Å². The maximum Gasteiger partial charge on any atom is 0.248 e. The van der Waals surface area contributed by atoms with Crippen LogP contribution in [0.2, 0.25) is 0 Å². The van der Waals surface area contributed by atoms with Crippen LogP contribution in [0.4, 0.5) is 0 Å². The third kappa shape index (κ3) is 3.38. The van der Waals surface area contributed by atoms with E-state index in [0.29, 0.717) is 6.54 Å². The van der Waals surface area contributed by atoms with Gasteiger partial charge in [-0.05, 0) is 30.2 Å². The van der Waals surface area contributed by atoms with E-state index in [9.17, 15) is 4.79 Å². The standard InChI is InChI=1S/C17H21N3O3S/c1-22-12-3-4-13(14(8-12)23-2)16-7-11-9-20(10-17(21)19-18)6-5-15(11)24-16/h3-4,7-8H,5-6,9-10,18H2,1-2H3,(H,19,21). The summed E-state index contributed by atoms with van der Waals surface area (Å²) >= 11 is 1.79. The van der Waals surface area contributed by atoms with Gasteiger partial charge in [-0.25, -0.2) is 5.84 Å². The molecule has 0 atom stereocenters. The van der Waals surface area contributed by atoms with Crippen molar-refractivity contribution >= 4 is 17.2 Å². The number of carbonyl (C=O) groups excluding carboxylic acids is 1. The summed E-state index contributed by atoms with van der Waals surface area (Å²) in [5, 5.41) is 0. The zero-order valence-corrected chi connectivity index (χ0v) is 14.6. The fourth-order valence-corrected chi connectivity index (χ4v) is 4.10. The number of nitrogens with two attached hydrogens (primary N) is 1. The van der Waals surface area contributed by atoms with Crippen LogP contribution >= 0.6 is 11.3 Å². The molecule has 0 saturated carbocycles. The Labute approximate surface area is 145 Å². The van der Waals surface area contributed by atoms with Gasteiger partial charge in [0.05, 0.1) is 20.8 Å². The molecule has 1 aliphatic rings. The highest BCUT2D eigenvalue weighted by Gasteiger charge is 2.22. The number of benzene rings is 1. The van der Waals surface area contributed by atoms with Gasteiger partial charge >= 0.3 is 0 Å². The minimum Gasteiger partial charge on any atom is -0.497 e. The van der Waals surface area contributed by atoms with Crippen LogP contribution < -0.4 is 20.7 Å². The first-order valence-electron chi connectivity index (χ1n) is 7.70. The van der Waals surface area contributed by atoms with Crippen molar-refractivity contribution in [3.8, 4) is 21.9 Å². The quantitative estimate of drug-likeness (QED) is 0.490. The molecule has 6 nitrogen and oxygen atoms in total. The van der Waals surface area contributed by atoms with E-state index in [-0.39, 0.29) is 5.91 Å². The van der Waals surface area contributed by atoms with Crippen LogP contribution in [-0.2, 0) is 17.8 Å². The summed E-state index contributed by atoms with van der Waals surface area (Å²) in [5.74, 6) is 6.58. The molecule has 24 heavy (non-hydrogen) atoms. The minimum atomic E-state index is -0.161. The van der Waals surface area contributed by atoms with Crippen molar-refractivity contribution in [1.82, 2.24) is 10.3 Å². The predicted octanol–water partition coefficient (Wildman–Crippen LogP) is 1.78. The number of methoxy groups -OCH3 is 2. The molecule has 0 fully saturated rings. The summed E-state index contributed by atoms with van der Waals surface area (Å²) in [5.41, 5.74) is 4.51. The zero-order valence-electron chi connectivity index (χ0n) is 13.8. The molecule has 2 heterocycles. The van der Waals surface area contributed by atoms with Crippen LogP contribution in [-0.4, -0.2) is 38.1 Å². The highest BCUT2D eigenvalue weighted by Crippen LogP contribution is 2.40. The zero-order chi connectivity index (χ0) is 17.1. The summed E-state index contributed by atoms with van der Waals surface area (Å²) < 4.78 is 10.8. The number of hydrazine groups is 1. The molecule has 1 amide bonds. The van der Waals surface area contributed by atoms with Crippen LogP contribution in [0.5, 0.6) is 11.5 Å². The molecular weight excluding hydrogens is 326 g/mol. The lowest BCUT2D eigenvalue weighted by atomic mass is 10.1.